The fourth-order valence-corrected chi connectivity index (χ4v) is 3.32. The third-order valence-electron chi connectivity index (χ3n) is 4.74. The van der Waals surface area contributed by atoms with Gasteiger partial charge < -0.3 is 37.0 Å². The summed E-state index contributed by atoms with van der Waals surface area (Å²) in [6.45, 7) is 0.479. The van der Waals surface area contributed by atoms with E-state index in [1.54, 1.807) is 30.5 Å². The number of carboxylic acid groups (broad SMARTS) is 1. The first kappa shape index (κ1) is 28.4. The SMILES string of the molecule is CSCCC(NC(=O)C(NC(=O)C(N)Cc1ccccc1)C(C)O)C(=O)NC(CO)C(=O)O. The number of aliphatic hydroxyl groups is 2. The summed E-state index contributed by atoms with van der Waals surface area (Å²) in [6.07, 6.45) is 0.866. The highest BCUT2D eigenvalue weighted by Gasteiger charge is 2.32. The van der Waals surface area contributed by atoms with Crippen molar-refractivity contribution < 1.29 is 34.5 Å². The number of benzene rings is 1. The zero-order valence-corrected chi connectivity index (χ0v) is 19.4. The molecule has 5 atom stereocenters. The Morgan fingerprint density at radius 1 is 1.00 bits per heavy atom. The van der Waals surface area contributed by atoms with Crippen molar-refractivity contribution in [3.8, 4) is 0 Å². The third-order valence-corrected chi connectivity index (χ3v) is 5.38. The average Bonchev–Trinajstić information content (AvgIpc) is 2.78. The number of aliphatic carboxylic acids is 1. The van der Waals surface area contributed by atoms with Gasteiger partial charge in [-0.05, 0) is 37.3 Å². The van der Waals surface area contributed by atoms with Crippen molar-refractivity contribution in [1.29, 1.82) is 0 Å². The Bertz CT molecular complexity index is 794. The molecular weight excluding hydrogens is 452 g/mol. The lowest BCUT2D eigenvalue weighted by Crippen LogP contribution is -2.60. The number of thioether (sulfide) groups is 1. The number of nitrogens with one attached hydrogen (secondary N) is 3. The van der Waals surface area contributed by atoms with Crippen molar-refractivity contribution in [1.82, 2.24) is 16.0 Å². The predicted octanol–water partition coefficient (Wildman–Crippen LogP) is -1.78. The summed E-state index contributed by atoms with van der Waals surface area (Å²) in [5, 5.41) is 35.2. The molecule has 0 spiro atoms. The van der Waals surface area contributed by atoms with Crippen molar-refractivity contribution in [2.45, 2.75) is 50.0 Å². The van der Waals surface area contributed by atoms with E-state index in [4.69, 9.17) is 15.9 Å². The molecule has 12 heteroatoms. The molecule has 1 aromatic rings. The first-order valence-electron chi connectivity index (χ1n) is 10.3. The number of nitrogens with two attached hydrogens (primary N) is 1. The van der Waals surface area contributed by atoms with E-state index >= 15 is 0 Å². The van der Waals surface area contributed by atoms with E-state index in [2.05, 4.69) is 16.0 Å². The summed E-state index contributed by atoms with van der Waals surface area (Å²) in [7, 11) is 0. The van der Waals surface area contributed by atoms with Gasteiger partial charge in [0.15, 0.2) is 0 Å². The van der Waals surface area contributed by atoms with Crippen molar-refractivity contribution in [2.75, 3.05) is 18.6 Å². The topological polar surface area (TPSA) is 191 Å². The van der Waals surface area contributed by atoms with Crippen molar-refractivity contribution in [3.63, 3.8) is 0 Å². The molecule has 0 radical (unpaired) electrons. The van der Waals surface area contributed by atoms with Crippen molar-refractivity contribution in [3.05, 3.63) is 35.9 Å². The third kappa shape index (κ3) is 9.78. The maximum Gasteiger partial charge on any atom is 0.328 e. The normalized spacial score (nSPS) is 15.4. The van der Waals surface area contributed by atoms with Gasteiger partial charge in [-0.15, -0.1) is 0 Å². The Labute approximate surface area is 196 Å². The second-order valence-electron chi connectivity index (χ2n) is 7.45. The van der Waals surface area contributed by atoms with Crippen LogP contribution in [0.15, 0.2) is 30.3 Å². The number of carbonyl (C=O) groups is 4. The Morgan fingerprint density at radius 3 is 2.12 bits per heavy atom. The lowest BCUT2D eigenvalue weighted by molar-refractivity contribution is -0.143. The lowest BCUT2D eigenvalue weighted by atomic mass is 10.0. The molecule has 0 saturated carbocycles. The van der Waals surface area contributed by atoms with Gasteiger partial charge in [0.25, 0.3) is 0 Å². The highest BCUT2D eigenvalue weighted by atomic mass is 32.2. The van der Waals surface area contributed by atoms with E-state index < -0.39 is 60.6 Å². The molecule has 0 bridgehead atoms. The van der Waals surface area contributed by atoms with Crippen LogP contribution in [0.1, 0.15) is 18.9 Å². The molecule has 184 valence electrons. The number of aliphatic hydroxyl groups excluding tert-OH is 2. The van der Waals surface area contributed by atoms with Gasteiger partial charge in [0.2, 0.25) is 17.7 Å². The second-order valence-corrected chi connectivity index (χ2v) is 8.43. The highest BCUT2D eigenvalue weighted by molar-refractivity contribution is 7.98. The minimum Gasteiger partial charge on any atom is -0.480 e. The van der Waals surface area contributed by atoms with E-state index in [9.17, 15) is 24.3 Å². The van der Waals surface area contributed by atoms with E-state index in [0.29, 0.717) is 5.75 Å². The summed E-state index contributed by atoms with van der Waals surface area (Å²) in [5.74, 6) is -3.26. The fourth-order valence-electron chi connectivity index (χ4n) is 2.85. The Balaban J connectivity index is 2.86. The van der Waals surface area contributed by atoms with Crippen LogP contribution in [0.5, 0.6) is 0 Å². The smallest absolute Gasteiger partial charge is 0.328 e. The minimum atomic E-state index is -1.53. The highest BCUT2D eigenvalue weighted by Crippen LogP contribution is 2.05. The van der Waals surface area contributed by atoms with Crippen LogP contribution in [0.2, 0.25) is 0 Å². The quantitative estimate of drug-likeness (QED) is 0.160. The van der Waals surface area contributed by atoms with E-state index in [0.717, 1.165) is 5.56 Å². The van der Waals surface area contributed by atoms with Crippen LogP contribution in [0.3, 0.4) is 0 Å². The van der Waals surface area contributed by atoms with Gasteiger partial charge in [-0.2, -0.15) is 11.8 Å². The molecule has 0 heterocycles. The maximum absolute atomic E-state index is 12.8. The summed E-state index contributed by atoms with van der Waals surface area (Å²) >= 11 is 1.40. The first-order valence-corrected chi connectivity index (χ1v) is 11.7. The zero-order valence-electron chi connectivity index (χ0n) is 18.6. The maximum atomic E-state index is 12.8. The molecule has 5 unspecified atom stereocenters. The van der Waals surface area contributed by atoms with Gasteiger partial charge >= 0.3 is 5.97 Å². The van der Waals surface area contributed by atoms with E-state index in [-0.39, 0.29) is 12.8 Å². The number of hydrogen-bond donors (Lipinski definition) is 7. The summed E-state index contributed by atoms with van der Waals surface area (Å²) in [5.41, 5.74) is 6.76. The zero-order chi connectivity index (χ0) is 25.0. The Morgan fingerprint density at radius 2 is 1.61 bits per heavy atom. The second kappa shape index (κ2) is 14.5. The Hall–Kier alpha value is -2.67. The van der Waals surface area contributed by atoms with Crippen LogP contribution < -0.4 is 21.7 Å². The van der Waals surface area contributed by atoms with Gasteiger partial charge in [0, 0.05) is 0 Å². The average molecular weight is 485 g/mol. The molecule has 0 saturated heterocycles. The van der Waals surface area contributed by atoms with Crippen LogP contribution in [-0.2, 0) is 25.6 Å². The van der Waals surface area contributed by atoms with Crippen LogP contribution in [-0.4, -0.2) is 87.9 Å². The molecule has 0 aromatic heterocycles. The van der Waals surface area contributed by atoms with Crippen molar-refractivity contribution in [2.24, 2.45) is 5.73 Å². The standard InChI is InChI=1S/C21H32N4O7S/c1-12(27)17(25-18(28)14(22)10-13-6-4-3-5-7-13)20(30)23-15(8-9-33-2)19(29)24-16(11-26)21(31)32/h3-7,12,14-17,26-27H,8-11,22H2,1-2H3,(H,23,30)(H,24,29)(H,25,28)(H,31,32). The fraction of sp³-hybridized carbons (Fsp3) is 0.524. The largest absolute Gasteiger partial charge is 0.480 e. The van der Waals surface area contributed by atoms with Crippen LogP contribution in [0.4, 0.5) is 0 Å². The van der Waals surface area contributed by atoms with Crippen LogP contribution in [0, 0.1) is 0 Å². The molecule has 11 nitrogen and oxygen atoms in total. The molecule has 3 amide bonds. The van der Waals surface area contributed by atoms with Gasteiger partial charge in [-0.25, -0.2) is 4.79 Å². The van der Waals surface area contributed by atoms with Gasteiger partial charge in [0.1, 0.15) is 18.1 Å². The molecule has 0 aliphatic carbocycles. The number of carboxylic acids is 1. The molecule has 0 aliphatic rings. The number of carbonyl (C=O) groups excluding carboxylic acids is 3. The molecule has 8 N–H and O–H groups in total. The molecule has 1 rings (SSSR count). The summed E-state index contributed by atoms with van der Waals surface area (Å²) in [4.78, 5) is 48.9. The molecule has 0 aliphatic heterocycles. The van der Waals surface area contributed by atoms with Gasteiger partial charge in [0.05, 0.1) is 18.8 Å². The first-order chi connectivity index (χ1) is 15.6. The van der Waals surface area contributed by atoms with Gasteiger partial charge in [-0.3, -0.25) is 14.4 Å². The van der Waals surface area contributed by atoms with Crippen LogP contribution in [0.25, 0.3) is 0 Å². The molecule has 1 aromatic carbocycles. The number of hydrogen-bond acceptors (Lipinski definition) is 8. The molecule has 33 heavy (non-hydrogen) atoms. The molecule has 0 fully saturated rings. The predicted molar refractivity (Wildman–Crippen MR) is 123 cm³/mol. The minimum absolute atomic E-state index is 0.157. The number of rotatable bonds is 14. The number of amides is 3. The molecular formula is C21H32N4O7S. The van der Waals surface area contributed by atoms with E-state index in [1.807, 2.05) is 6.07 Å². The summed E-state index contributed by atoms with van der Waals surface area (Å²) in [6, 6.07) is 4.00. The van der Waals surface area contributed by atoms with E-state index in [1.165, 1.54) is 18.7 Å². The monoisotopic (exact) mass is 484 g/mol. The summed E-state index contributed by atoms with van der Waals surface area (Å²) < 4.78 is 0. The Kier molecular flexibility index (Phi) is 12.4. The van der Waals surface area contributed by atoms with Gasteiger partial charge in [-0.1, -0.05) is 30.3 Å². The van der Waals surface area contributed by atoms with Crippen molar-refractivity contribution >= 4 is 35.5 Å². The van der Waals surface area contributed by atoms with Crippen LogP contribution >= 0.6 is 11.8 Å². The lowest BCUT2D eigenvalue weighted by Gasteiger charge is -2.26.